The minimum atomic E-state index is -2.81. The summed E-state index contributed by atoms with van der Waals surface area (Å²) in [6.45, 7) is 2.81. The van der Waals surface area contributed by atoms with Crippen LogP contribution in [0.15, 0.2) is 64.9 Å². The highest BCUT2D eigenvalue weighted by Gasteiger charge is 2.39. The maximum atomic E-state index is 14.4. The fraction of sp³-hybridized carbons (Fsp3) is 0.464. The number of likely N-dealkylation sites (tertiary alicyclic amines) is 1. The number of carbonyl (C=O) groups is 1. The molecule has 224 valence electrons. The molecule has 5 N–H and O–H groups in total. The number of nitrogens with one attached hydrogen (secondary N) is 2. The van der Waals surface area contributed by atoms with E-state index in [1.807, 2.05) is 43.4 Å². The Kier molecular flexibility index (Phi) is 12.1. The molecule has 1 amide bonds. The van der Waals surface area contributed by atoms with Crippen LogP contribution in [0.4, 0.5) is 4.39 Å². The summed E-state index contributed by atoms with van der Waals surface area (Å²) in [5.74, 6) is 0.112. The SMILES string of the molecule is CN1CCC(S(O)(O)/C=C/CNC(=O)C2(F)CCNCC2)CC1.COc1cccc(-c2ccccc2S(=O)O)c1.[HH]. The van der Waals surface area contributed by atoms with Gasteiger partial charge in [-0.3, -0.25) is 13.9 Å². The molecule has 2 saturated heterocycles. The van der Waals surface area contributed by atoms with Gasteiger partial charge in [0.2, 0.25) is 0 Å². The molecule has 1 unspecified atom stereocenters. The Hall–Kier alpha value is -2.32. The van der Waals surface area contributed by atoms with Gasteiger partial charge in [-0.1, -0.05) is 30.3 Å². The molecule has 0 bridgehead atoms. The molecule has 2 aliphatic heterocycles. The highest BCUT2D eigenvalue weighted by molar-refractivity contribution is 8.27. The van der Waals surface area contributed by atoms with Gasteiger partial charge in [0.1, 0.15) is 5.75 Å². The number of hydrogen-bond acceptors (Lipinski definition) is 7. The number of alkyl halides is 1. The molecule has 2 heterocycles. The van der Waals surface area contributed by atoms with E-state index in [-0.39, 0.29) is 26.1 Å². The molecular formula is C28H42FN3O6S2. The predicted molar refractivity (Wildman–Crippen MR) is 161 cm³/mol. The first-order valence-corrected chi connectivity index (χ1v) is 16.0. The van der Waals surface area contributed by atoms with Crippen LogP contribution in [0.2, 0.25) is 0 Å². The van der Waals surface area contributed by atoms with E-state index >= 15 is 0 Å². The molecule has 0 aliphatic carbocycles. The molecule has 2 aliphatic rings. The molecule has 2 fully saturated rings. The Morgan fingerprint density at radius 2 is 1.90 bits per heavy atom. The van der Waals surface area contributed by atoms with E-state index in [1.165, 1.54) is 11.5 Å². The van der Waals surface area contributed by atoms with Crippen LogP contribution in [0.5, 0.6) is 5.75 Å². The second kappa shape index (κ2) is 15.1. The highest BCUT2D eigenvalue weighted by Crippen LogP contribution is 2.49. The van der Waals surface area contributed by atoms with Gasteiger partial charge in [-0.15, -0.1) is 0 Å². The number of benzene rings is 2. The van der Waals surface area contributed by atoms with Gasteiger partial charge in [0.05, 0.1) is 17.3 Å². The first-order valence-electron chi connectivity index (χ1n) is 13.2. The average Bonchev–Trinajstić information content (AvgIpc) is 2.96. The van der Waals surface area contributed by atoms with Crippen molar-refractivity contribution in [2.24, 2.45) is 0 Å². The van der Waals surface area contributed by atoms with Crippen LogP contribution in [-0.2, 0) is 15.9 Å². The number of ether oxygens (including phenoxy) is 1. The lowest BCUT2D eigenvalue weighted by Crippen LogP contribution is -2.49. The topological polar surface area (TPSA) is 131 Å². The molecule has 0 spiro atoms. The van der Waals surface area contributed by atoms with Gasteiger partial charge in [0, 0.05) is 31.8 Å². The van der Waals surface area contributed by atoms with Crippen molar-refractivity contribution in [3.8, 4) is 16.9 Å². The summed E-state index contributed by atoms with van der Waals surface area (Å²) in [6.07, 6.45) is 3.36. The predicted octanol–water partition coefficient (Wildman–Crippen LogP) is 4.74. The summed E-state index contributed by atoms with van der Waals surface area (Å²) in [5.41, 5.74) is -0.204. The molecule has 2 aromatic carbocycles. The second-order valence-electron chi connectivity index (χ2n) is 9.92. The molecule has 0 aromatic heterocycles. The van der Waals surface area contributed by atoms with Crippen molar-refractivity contribution in [3.63, 3.8) is 0 Å². The lowest BCUT2D eigenvalue weighted by Gasteiger charge is -2.41. The third kappa shape index (κ3) is 9.10. The molecule has 0 radical (unpaired) electrons. The summed E-state index contributed by atoms with van der Waals surface area (Å²) < 4.78 is 60.4. The zero-order valence-electron chi connectivity index (χ0n) is 22.9. The number of rotatable bonds is 8. The average molecular weight is 600 g/mol. The van der Waals surface area contributed by atoms with E-state index in [0.29, 0.717) is 18.0 Å². The van der Waals surface area contributed by atoms with Crippen LogP contribution in [-0.4, -0.2) is 86.5 Å². The van der Waals surface area contributed by atoms with Crippen LogP contribution in [0.25, 0.3) is 11.1 Å². The first-order chi connectivity index (χ1) is 19.1. The van der Waals surface area contributed by atoms with E-state index in [4.69, 9.17) is 4.74 Å². The summed E-state index contributed by atoms with van der Waals surface area (Å²) >= 11 is -1.99. The van der Waals surface area contributed by atoms with Crippen molar-refractivity contribution in [2.45, 2.75) is 41.5 Å². The normalized spacial score (nSPS) is 19.4. The van der Waals surface area contributed by atoms with Gasteiger partial charge in [-0.05, 0) is 75.9 Å². The summed E-state index contributed by atoms with van der Waals surface area (Å²) in [4.78, 5) is 14.5. The molecule has 4 rings (SSSR count). The van der Waals surface area contributed by atoms with Gasteiger partial charge in [-0.2, -0.15) is 10.6 Å². The minimum Gasteiger partial charge on any atom is -0.497 e. The third-order valence-corrected chi connectivity index (χ3v) is 9.87. The van der Waals surface area contributed by atoms with E-state index < -0.39 is 33.2 Å². The molecule has 0 saturated carbocycles. The smallest absolute Gasteiger partial charge is 0.258 e. The van der Waals surface area contributed by atoms with E-state index in [2.05, 4.69) is 15.5 Å². The monoisotopic (exact) mass is 599 g/mol. The standard InChI is InChI=1S/C15H28FN3O3S.C13H12O3S.H2/c1-19-10-3-13(4-11-19)23(21,22)12-2-7-18-14(20)15(16)5-8-17-9-6-15;1-16-11-6-4-5-10(9-11)12-7-2-3-8-13(12)17(14)15;/h2,12-13,17,21-22H,3-11H2,1H3,(H,18,20);2-9H,1H3,(H,14,15);1H/b12-2+;;. The lowest BCUT2D eigenvalue weighted by atomic mass is 9.93. The largest absolute Gasteiger partial charge is 0.497 e. The first kappa shape index (κ1) is 32.2. The zero-order chi connectivity index (χ0) is 29.2. The summed E-state index contributed by atoms with van der Waals surface area (Å²) in [5, 5.41) is 6.80. The van der Waals surface area contributed by atoms with Crippen LogP contribution < -0.4 is 15.4 Å². The molecule has 9 nitrogen and oxygen atoms in total. The zero-order valence-corrected chi connectivity index (χ0v) is 24.6. The van der Waals surface area contributed by atoms with Crippen molar-refractivity contribution < 1.29 is 33.2 Å². The Bertz CT molecular complexity index is 1180. The van der Waals surface area contributed by atoms with Crippen molar-refractivity contribution in [1.82, 2.24) is 15.5 Å². The van der Waals surface area contributed by atoms with E-state index in [0.717, 1.165) is 42.8 Å². The Labute approximate surface area is 241 Å². The van der Waals surface area contributed by atoms with Crippen molar-refractivity contribution in [3.05, 3.63) is 60.0 Å². The summed E-state index contributed by atoms with van der Waals surface area (Å²) in [7, 11) is 0.800. The Morgan fingerprint density at radius 3 is 2.55 bits per heavy atom. The Balaban J connectivity index is 0.000000292. The van der Waals surface area contributed by atoms with Crippen LogP contribution >= 0.6 is 10.6 Å². The maximum absolute atomic E-state index is 14.4. The molecule has 40 heavy (non-hydrogen) atoms. The van der Waals surface area contributed by atoms with Gasteiger partial charge in [0.25, 0.3) is 5.91 Å². The number of halogens is 1. The Morgan fingerprint density at radius 1 is 1.23 bits per heavy atom. The number of amides is 1. The third-order valence-electron chi connectivity index (χ3n) is 7.09. The number of carbonyl (C=O) groups excluding carboxylic acids is 1. The van der Waals surface area contributed by atoms with Gasteiger partial charge in [0.15, 0.2) is 16.7 Å². The lowest BCUT2D eigenvalue weighted by molar-refractivity contribution is -0.134. The molecule has 2 aromatic rings. The number of nitrogens with zero attached hydrogens (tertiary/aromatic N) is 1. The number of hydrogen-bond donors (Lipinski definition) is 5. The maximum Gasteiger partial charge on any atom is 0.258 e. The molecule has 1 atom stereocenters. The van der Waals surface area contributed by atoms with Crippen LogP contribution in [0.1, 0.15) is 27.1 Å². The van der Waals surface area contributed by atoms with E-state index in [9.17, 15) is 27.1 Å². The number of methoxy groups -OCH3 is 1. The van der Waals surface area contributed by atoms with Crippen molar-refractivity contribution in [1.29, 1.82) is 0 Å². The number of piperidine rings is 2. The van der Waals surface area contributed by atoms with Gasteiger partial charge >= 0.3 is 0 Å². The van der Waals surface area contributed by atoms with Gasteiger partial charge < -0.3 is 24.8 Å². The van der Waals surface area contributed by atoms with Crippen LogP contribution in [0, 0.1) is 0 Å². The molecular weight excluding hydrogens is 557 g/mol. The van der Waals surface area contributed by atoms with E-state index in [1.54, 1.807) is 19.2 Å². The fourth-order valence-corrected chi connectivity index (χ4v) is 6.72. The quantitative estimate of drug-likeness (QED) is 0.275. The van der Waals surface area contributed by atoms with Crippen molar-refractivity contribution in [2.75, 3.05) is 46.9 Å². The second-order valence-corrected chi connectivity index (χ2v) is 13.1. The highest BCUT2D eigenvalue weighted by atomic mass is 32.3. The van der Waals surface area contributed by atoms with Crippen LogP contribution in [0.3, 0.4) is 0 Å². The van der Waals surface area contributed by atoms with Crippen molar-refractivity contribution >= 4 is 27.6 Å². The fourth-order valence-electron chi connectivity index (χ4n) is 4.64. The van der Waals surface area contributed by atoms with Gasteiger partial charge in [-0.25, -0.2) is 8.60 Å². The molecule has 12 heteroatoms. The summed E-state index contributed by atoms with van der Waals surface area (Å²) in [6, 6.07) is 14.5. The minimum absolute atomic E-state index is 0.